The van der Waals surface area contributed by atoms with Crippen LogP contribution < -0.4 is 10.5 Å². The van der Waals surface area contributed by atoms with Crippen molar-refractivity contribution in [2.24, 2.45) is 5.73 Å². The number of nitrogens with two attached hydrogens (primary N) is 1. The second-order valence-electron chi connectivity index (χ2n) is 3.88. The number of pyridine rings is 1. The molecule has 1 aromatic heterocycles. The van der Waals surface area contributed by atoms with Crippen molar-refractivity contribution >= 4 is 49.1 Å². The number of ether oxygens (including phenoxy) is 1. The first kappa shape index (κ1) is 14.4. The van der Waals surface area contributed by atoms with Gasteiger partial charge in [-0.25, -0.2) is 4.98 Å². The fourth-order valence-electron chi connectivity index (χ4n) is 1.50. The van der Waals surface area contributed by atoms with Gasteiger partial charge in [0.25, 0.3) is 0 Å². The highest BCUT2D eigenvalue weighted by Crippen LogP contribution is 2.31. The molecule has 0 aliphatic heterocycles. The summed E-state index contributed by atoms with van der Waals surface area (Å²) >= 11 is 11.8. The topological polar surface area (TPSA) is 48.1 Å². The van der Waals surface area contributed by atoms with Crippen LogP contribution in [0.15, 0.2) is 39.3 Å². The summed E-state index contributed by atoms with van der Waals surface area (Å²) in [6.07, 6.45) is 0. The van der Waals surface area contributed by atoms with E-state index in [-0.39, 0.29) is 0 Å². The maximum atomic E-state index is 5.74. The smallest absolute Gasteiger partial charge is 0.220 e. The summed E-state index contributed by atoms with van der Waals surface area (Å²) < 4.78 is 7.54. The third-order valence-corrected chi connectivity index (χ3v) is 3.67. The van der Waals surface area contributed by atoms with Gasteiger partial charge in [-0.1, -0.05) is 28.1 Å². The van der Waals surface area contributed by atoms with E-state index in [2.05, 4.69) is 36.8 Å². The summed E-state index contributed by atoms with van der Waals surface area (Å²) in [5.41, 5.74) is 7.17. The van der Waals surface area contributed by atoms with Crippen molar-refractivity contribution in [1.29, 1.82) is 0 Å². The summed E-state index contributed by atoms with van der Waals surface area (Å²) in [5.74, 6) is 1.14. The van der Waals surface area contributed by atoms with E-state index in [0.29, 0.717) is 16.6 Å². The maximum Gasteiger partial charge on any atom is 0.220 e. The summed E-state index contributed by atoms with van der Waals surface area (Å²) in [5, 5.41) is 0. The van der Waals surface area contributed by atoms with Gasteiger partial charge >= 0.3 is 0 Å². The standard InChI is InChI=1S/C13H10Br2N2OS/c1-7-4-8(13(16)19)5-12(17-7)18-11-3-2-9(14)6-10(11)15/h2-6H,1H3,(H2,16,19). The van der Waals surface area contributed by atoms with Gasteiger partial charge in [0.2, 0.25) is 5.88 Å². The molecule has 6 heteroatoms. The average Bonchev–Trinajstić information content (AvgIpc) is 2.32. The van der Waals surface area contributed by atoms with Crippen LogP contribution in [0.4, 0.5) is 0 Å². The van der Waals surface area contributed by atoms with Gasteiger partial charge < -0.3 is 10.5 Å². The van der Waals surface area contributed by atoms with Crippen molar-refractivity contribution in [2.75, 3.05) is 0 Å². The number of benzene rings is 1. The molecule has 1 heterocycles. The van der Waals surface area contributed by atoms with E-state index in [1.807, 2.05) is 31.2 Å². The van der Waals surface area contributed by atoms with E-state index < -0.39 is 0 Å². The molecule has 0 saturated heterocycles. The first-order chi connectivity index (χ1) is 8.95. The van der Waals surface area contributed by atoms with E-state index in [1.165, 1.54) is 0 Å². The molecule has 0 atom stereocenters. The SMILES string of the molecule is Cc1cc(C(N)=S)cc(Oc2ccc(Br)cc2Br)n1. The van der Waals surface area contributed by atoms with Crippen molar-refractivity contribution in [3.63, 3.8) is 0 Å². The lowest BCUT2D eigenvalue weighted by Crippen LogP contribution is -2.10. The normalized spacial score (nSPS) is 10.3. The molecule has 0 fully saturated rings. The number of thiocarbonyl (C=S) groups is 1. The van der Waals surface area contributed by atoms with Crippen LogP contribution in [0.3, 0.4) is 0 Å². The summed E-state index contributed by atoms with van der Waals surface area (Å²) in [4.78, 5) is 4.63. The highest BCUT2D eigenvalue weighted by molar-refractivity contribution is 9.11. The molecule has 2 aromatic rings. The minimum Gasteiger partial charge on any atom is -0.438 e. The number of hydrogen-bond donors (Lipinski definition) is 1. The Hall–Kier alpha value is -0.980. The van der Waals surface area contributed by atoms with Crippen molar-refractivity contribution in [3.05, 3.63) is 50.5 Å². The lowest BCUT2D eigenvalue weighted by atomic mass is 10.2. The Morgan fingerprint density at radius 3 is 2.63 bits per heavy atom. The van der Waals surface area contributed by atoms with Crippen molar-refractivity contribution < 1.29 is 4.74 Å². The fourth-order valence-corrected chi connectivity index (χ4v) is 2.75. The molecule has 0 amide bonds. The third-order valence-electron chi connectivity index (χ3n) is 2.32. The molecule has 0 spiro atoms. The van der Waals surface area contributed by atoms with Gasteiger partial charge in [0.15, 0.2) is 0 Å². The fraction of sp³-hybridized carbons (Fsp3) is 0.0769. The minimum atomic E-state index is 0.324. The molecular weight excluding hydrogens is 392 g/mol. The van der Waals surface area contributed by atoms with E-state index in [4.69, 9.17) is 22.7 Å². The van der Waals surface area contributed by atoms with Gasteiger partial charge in [-0.05, 0) is 47.1 Å². The molecule has 2 N–H and O–H groups in total. The zero-order valence-electron chi connectivity index (χ0n) is 9.98. The van der Waals surface area contributed by atoms with E-state index >= 15 is 0 Å². The van der Waals surface area contributed by atoms with E-state index in [1.54, 1.807) is 6.07 Å². The maximum absolute atomic E-state index is 5.74. The second-order valence-corrected chi connectivity index (χ2v) is 6.09. The Morgan fingerprint density at radius 1 is 1.26 bits per heavy atom. The van der Waals surface area contributed by atoms with Crippen molar-refractivity contribution in [3.8, 4) is 11.6 Å². The molecule has 19 heavy (non-hydrogen) atoms. The molecule has 0 aliphatic carbocycles. The van der Waals surface area contributed by atoms with Gasteiger partial charge in [-0.2, -0.15) is 0 Å². The highest BCUT2D eigenvalue weighted by atomic mass is 79.9. The lowest BCUT2D eigenvalue weighted by Gasteiger charge is -2.09. The largest absolute Gasteiger partial charge is 0.438 e. The summed E-state index contributed by atoms with van der Waals surface area (Å²) in [6, 6.07) is 9.19. The molecule has 0 radical (unpaired) electrons. The van der Waals surface area contributed by atoms with Crippen LogP contribution in [0.2, 0.25) is 0 Å². The van der Waals surface area contributed by atoms with Crippen LogP contribution in [0, 0.1) is 6.92 Å². The van der Waals surface area contributed by atoms with E-state index in [0.717, 1.165) is 20.2 Å². The molecule has 0 saturated carbocycles. The number of halogens is 2. The van der Waals surface area contributed by atoms with Crippen LogP contribution in [0.25, 0.3) is 0 Å². The third kappa shape index (κ3) is 3.75. The van der Waals surface area contributed by atoms with E-state index in [9.17, 15) is 0 Å². The number of aryl methyl sites for hydroxylation is 1. The Balaban J connectivity index is 2.35. The van der Waals surface area contributed by atoms with Gasteiger partial charge in [0.05, 0.1) is 4.47 Å². The van der Waals surface area contributed by atoms with Gasteiger partial charge in [-0.3, -0.25) is 0 Å². The quantitative estimate of drug-likeness (QED) is 0.777. The van der Waals surface area contributed by atoms with Crippen molar-refractivity contribution in [2.45, 2.75) is 6.92 Å². The monoisotopic (exact) mass is 400 g/mol. The summed E-state index contributed by atoms with van der Waals surface area (Å²) in [6.45, 7) is 1.87. The number of hydrogen-bond acceptors (Lipinski definition) is 3. The molecule has 2 rings (SSSR count). The van der Waals surface area contributed by atoms with Gasteiger partial charge in [0.1, 0.15) is 10.7 Å². The van der Waals surface area contributed by atoms with Crippen LogP contribution in [-0.4, -0.2) is 9.97 Å². The minimum absolute atomic E-state index is 0.324. The first-order valence-corrected chi connectivity index (χ1v) is 7.36. The van der Waals surface area contributed by atoms with Crippen LogP contribution in [0.1, 0.15) is 11.3 Å². The van der Waals surface area contributed by atoms with Crippen LogP contribution in [0.5, 0.6) is 11.6 Å². The van der Waals surface area contributed by atoms with Gasteiger partial charge in [-0.15, -0.1) is 0 Å². The Morgan fingerprint density at radius 2 is 2.00 bits per heavy atom. The predicted molar refractivity (Wildman–Crippen MR) is 86.8 cm³/mol. The molecule has 98 valence electrons. The highest BCUT2D eigenvalue weighted by Gasteiger charge is 2.07. The van der Waals surface area contributed by atoms with Crippen molar-refractivity contribution in [1.82, 2.24) is 4.98 Å². The Kier molecular flexibility index (Phi) is 4.54. The Labute approximate surface area is 133 Å². The average molecular weight is 402 g/mol. The number of aromatic nitrogens is 1. The van der Waals surface area contributed by atoms with Crippen LogP contribution >= 0.6 is 44.1 Å². The van der Waals surface area contributed by atoms with Crippen LogP contribution in [-0.2, 0) is 0 Å². The first-order valence-electron chi connectivity index (χ1n) is 5.37. The lowest BCUT2D eigenvalue weighted by molar-refractivity contribution is 0.458. The number of nitrogens with zero attached hydrogens (tertiary/aromatic N) is 1. The zero-order chi connectivity index (χ0) is 14.0. The number of rotatable bonds is 3. The molecule has 1 aromatic carbocycles. The molecule has 3 nitrogen and oxygen atoms in total. The Bertz CT molecular complexity index is 647. The second kappa shape index (κ2) is 5.98. The summed E-state index contributed by atoms with van der Waals surface area (Å²) in [7, 11) is 0. The predicted octanol–water partition coefficient (Wildman–Crippen LogP) is 4.34. The molecule has 0 bridgehead atoms. The molecule has 0 unspecified atom stereocenters. The van der Waals surface area contributed by atoms with Gasteiger partial charge in [0, 0.05) is 21.8 Å². The molecular formula is C13H10Br2N2OS. The zero-order valence-corrected chi connectivity index (χ0v) is 14.0. The molecule has 0 aliphatic rings.